The first-order valence-corrected chi connectivity index (χ1v) is 13.0. The van der Waals surface area contributed by atoms with Gasteiger partial charge >= 0.3 is 6.18 Å². The number of methoxy groups -OCH3 is 1. The zero-order valence-electron chi connectivity index (χ0n) is 22.1. The van der Waals surface area contributed by atoms with E-state index >= 15 is 4.39 Å². The van der Waals surface area contributed by atoms with E-state index in [-0.39, 0.29) is 24.0 Å². The van der Waals surface area contributed by atoms with Crippen molar-refractivity contribution in [1.29, 1.82) is 0 Å². The van der Waals surface area contributed by atoms with Crippen LogP contribution in [0, 0.1) is 17.5 Å². The molecule has 2 aromatic rings. The molecule has 4 rings (SSSR count). The predicted molar refractivity (Wildman–Crippen MR) is 135 cm³/mol. The summed E-state index contributed by atoms with van der Waals surface area (Å²) in [6, 6.07) is 0.110. The van der Waals surface area contributed by atoms with E-state index in [4.69, 9.17) is 0 Å². The smallest absolute Gasteiger partial charge is 0.423 e. The number of halogens is 6. The second-order valence-corrected chi connectivity index (χ2v) is 10.1. The minimum atomic E-state index is -5.36. The molecule has 1 aliphatic carbocycles. The quantitative estimate of drug-likeness (QED) is 0.252. The zero-order valence-corrected chi connectivity index (χ0v) is 22.1. The van der Waals surface area contributed by atoms with Crippen LogP contribution in [-0.2, 0) is 6.18 Å². The van der Waals surface area contributed by atoms with Crippen LogP contribution < -0.4 is 20.3 Å². The van der Waals surface area contributed by atoms with Crippen LogP contribution in [0.4, 0.5) is 49.9 Å². The van der Waals surface area contributed by atoms with Gasteiger partial charge in [-0.15, -0.1) is 0 Å². The standard InChI is InChI=1S/C25H33F6N7O/c1-37-12-10-15(11-13-37)38(2)24-35-22(32-14-8-6-4-5-7-9-14)34-23(36-24)33-20-17(26)16(25(29,30)31)21(39-3)19(28)18(20)27/h14-15H,4-13H2,1-3H3,(H2,32,33,34,35,36). The Hall–Kier alpha value is -3.03. The fourth-order valence-corrected chi connectivity index (χ4v) is 5.10. The second-order valence-electron chi connectivity index (χ2n) is 10.1. The van der Waals surface area contributed by atoms with Crippen LogP contribution in [0.15, 0.2) is 0 Å². The van der Waals surface area contributed by atoms with E-state index in [0.717, 1.165) is 64.5 Å². The van der Waals surface area contributed by atoms with E-state index in [0.29, 0.717) is 7.11 Å². The molecule has 2 heterocycles. The summed E-state index contributed by atoms with van der Waals surface area (Å²) >= 11 is 0. The average molecular weight is 562 g/mol. The highest BCUT2D eigenvalue weighted by molar-refractivity contribution is 5.62. The van der Waals surface area contributed by atoms with Gasteiger partial charge in [0.1, 0.15) is 11.3 Å². The summed E-state index contributed by atoms with van der Waals surface area (Å²) < 4.78 is 89.6. The molecule has 216 valence electrons. The third-order valence-corrected chi connectivity index (χ3v) is 7.37. The SMILES string of the molecule is COc1c(F)c(F)c(Nc2nc(NC3CCCCCC3)nc(N(C)C3CCN(C)CC3)n2)c(F)c1C(F)(F)F. The summed E-state index contributed by atoms with van der Waals surface area (Å²) in [5.41, 5.74) is -3.44. The van der Waals surface area contributed by atoms with Gasteiger partial charge in [-0.1, -0.05) is 25.7 Å². The first-order chi connectivity index (χ1) is 18.5. The molecule has 0 radical (unpaired) electrons. The fraction of sp³-hybridized carbons (Fsp3) is 0.640. The molecule has 0 atom stereocenters. The van der Waals surface area contributed by atoms with Gasteiger partial charge in [0.15, 0.2) is 17.4 Å². The van der Waals surface area contributed by atoms with Crippen LogP contribution in [0.5, 0.6) is 5.75 Å². The van der Waals surface area contributed by atoms with Crippen LogP contribution in [-0.4, -0.2) is 66.2 Å². The van der Waals surface area contributed by atoms with Gasteiger partial charge in [-0.05, 0) is 45.8 Å². The molecule has 1 aromatic heterocycles. The van der Waals surface area contributed by atoms with Gasteiger partial charge in [0.2, 0.25) is 23.7 Å². The Bertz CT molecular complexity index is 1150. The largest absolute Gasteiger partial charge is 0.493 e. The molecule has 0 amide bonds. The van der Waals surface area contributed by atoms with Crippen molar-refractivity contribution in [3.63, 3.8) is 0 Å². The van der Waals surface area contributed by atoms with Crippen LogP contribution in [0.2, 0.25) is 0 Å². The maximum atomic E-state index is 15.1. The van der Waals surface area contributed by atoms with Crippen molar-refractivity contribution in [3.8, 4) is 5.75 Å². The monoisotopic (exact) mass is 561 g/mol. The Morgan fingerprint density at radius 3 is 2.08 bits per heavy atom. The van der Waals surface area contributed by atoms with Crippen LogP contribution in [0.25, 0.3) is 0 Å². The van der Waals surface area contributed by atoms with Crippen LogP contribution in [0.1, 0.15) is 56.9 Å². The molecule has 39 heavy (non-hydrogen) atoms. The highest BCUT2D eigenvalue weighted by Gasteiger charge is 2.43. The Morgan fingerprint density at radius 1 is 0.872 bits per heavy atom. The molecular weight excluding hydrogens is 528 g/mol. The molecule has 2 aliphatic rings. The number of nitrogens with zero attached hydrogens (tertiary/aromatic N) is 5. The maximum absolute atomic E-state index is 15.1. The highest BCUT2D eigenvalue weighted by atomic mass is 19.4. The van der Waals surface area contributed by atoms with Gasteiger partial charge in [-0.2, -0.15) is 32.5 Å². The van der Waals surface area contributed by atoms with Crippen molar-refractivity contribution in [2.24, 2.45) is 0 Å². The summed E-state index contributed by atoms with van der Waals surface area (Å²) in [5, 5.41) is 5.41. The number of hydrogen-bond acceptors (Lipinski definition) is 8. The van der Waals surface area contributed by atoms with Gasteiger partial charge in [0, 0.05) is 19.1 Å². The number of aromatic nitrogens is 3. The fourth-order valence-electron chi connectivity index (χ4n) is 5.10. The highest BCUT2D eigenvalue weighted by Crippen LogP contribution is 2.44. The molecule has 8 nitrogen and oxygen atoms in total. The molecule has 14 heteroatoms. The number of ether oxygens (including phenoxy) is 1. The normalized spacial score (nSPS) is 18.1. The van der Waals surface area contributed by atoms with Crippen LogP contribution >= 0.6 is 0 Å². The lowest BCUT2D eigenvalue weighted by molar-refractivity contribution is -0.141. The van der Waals surface area contributed by atoms with Crippen LogP contribution in [0.3, 0.4) is 0 Å². The predicted octanol–water partition coefficient (Wildman–Crippen LogP) is 5.73. The summed E-state index contributed by atoms with van der Waals surface area (Å²) in [4.78, 5) is 17.0. The first-order valence-electron chi connectivity index (χ1n) is 13.0. The van der Waals surface area contributed by atoms with Crippen molar-refractivity contribution in [2.45, 2.75) is 69.6 Å². The maximum Gasteiger partial charge on any atom is 0.423 e. The zero-order chi connectivity index (χ0) is 28.3. The number of alkyl halides is 3. The number of piperidine rings is 1. The third-order valence-electron chi connectivity index (χ3n) is 7.37. The van der Waals surface area contributed by atoms with E-state index in [1.165, 1.54) is 0 Å². The average Bonchev–Trinajstić information content (AvgIpc) is 3.16. The topological polar surface area (TPSA) is 78.4 Å². The van der Waals surface area contributed by atoms with E-state index in [9.17, 15) is 22.0 Å². The number of nitrogens with one attached hydrogen (secondary N) is 2. The minimum Gasteiger partial charge on any atom is -0.493 e. The van der Waals surface area contributed by atoms with E-state index in [2.05, 4.69) is 35.2 Å². The van der Waals surface area contributed by atoms with Gasteiger partial charge in [-0.25, -0.2) is 8.78 Å². The molecule has 2 N–H and O–H groups in total. The molecule has 1 saturated carbocycles. The second kappa shape index (κ2) is 12.0. The Kier molecular flexibility index (Phi) is 8.92. The van der Waals surface area contributed by atoms with Crippen molar-refractivity contribution >= 4 is 23.5 Å². The van der Waals surface area contributed by atoms with Crippen molar-refractivity contribution < 1.29 is 31.1 Å². The third kappa shape index (κ3) is 6.59. The number of rotatable bonds is 7. The molecule has 1 aromatic carbocycles. The summed E-state index contributed by atoms with van der Waals surface area (Å²) in [7, 11) is 4.49. The summed E-state index contributed by atoms with van der Waals surface area (Å²) in [6.07, 6.45) is 2.25. The Morgan fingerprint density at radius 2 is 1.49 bits per heavy atom. The van der Waals surface area contributed by atoms with E-state index in [1.807, 2.05) is 11.9 Å². The number of anilines is 4. The molecule has 0 unspecified atom stereocenters. The lowest BCUT2D eigenvalue weighted by Gasteiger charge is -2.35. The van der Waals surface area contributed by atoms with Crippen molar-refractivity contribution in [2.75, 3.05) is 49.8 Å². The molecule has 1 aliphatic heterocycles. The molecule has 2 fully saturated rings. The summed E-state index contributed by atoms with van der Waals surface area (Å²) in [5.74, 6) is -7.65. The van der Waals surface area contributed by atoms with E-state index in [1.54, 1.807) is 7.05 Å². The van der Waals surface area contributed by atoms with Gasteiger partial charge in [0.05, 0.1) is 7.11 Å². The van der Waals surface area contributed by atoms with Crippen molar-refractivity contribution in [1.82, 2.24) is 19.9 Å². The molecule has 0 spiro atoms. The first kappa shape index (κ1) is 29.0. The number of likely N-dealkylation sites (tertiary alicyclic amines) is 1. The van der Waals surface area contributed by atoms with Gasteiger partial charge < -0.3 is 25.2 Å². The number of benzene rings is 1. The minimum absolute atomic E-state index is 0.0490. The van der Waals surface area contributed by atoms with Gasteiger partial charge in [-0.3, -0.25) is 0 Å². The molecule has 0 bridgehead atoms. The Balaban J connectivity index is 1.74. The van der Waals surface area contributed by atoms with E-state index < -0.39 is 46.6 Å². The van der Waals surface area contributed by atoms with Gasteiger partial charge in [0.25, 0.3) is 0 Å². The molecular formula is C25H33F6N7O. The summed E-state index contributed by atoms with van der Waals surface area (Å²) in [6.45, 7) is 1.69. The lowest BCUT2D eigenvalue weighted by Crippen LogP contribution is -2.42. The number of hydrogen-bond donors (Lipinski definition) is 2. The lowest BCUT2D eigenvalue weighted by atomic mass is 10.0. The Labute approximate surface area is 223 Å². The molecule has 1 saturated heterocycles. The van der Waals surface area contributed by atoms with Crippen molar-refractivity contribution in [3.05, 3.63) is 23.0 Å².